The van der Waals surface area contributed by atoms with Gasteiger partial charge >= 0.3 is 35.5 Å². The number of aromatic carboxylic acids is 1. The first-order chi connectivity index (χ1) is 15.3. The van der Waals surface area contributed by atoms with Gasteiger partial charge in [0.15, 0.2) is 5.78 Å². The molecule has 0 bridgehead atoms. The Hall–Kier alpha value is -2.64. The number of hydrogen-bond donors (Lipinski definition) is 3. The maximum Gasteiger partial charge on any atom is 1.00 e. The summed E-state index contributed by atoms with van der Waals surface area (Å²) in [5.74, 6) is -0.742. The van der Waals surface area contributed by atoms with Gasteiger partial charge in [-0.05, 0) is 54.3 Å². The van der Waals surface area contributed by atoms with Gasteiger partial charge < -0.3 is 21.5 Å². The Labute approximate surface area is 216 Å². The first-order valence-electron chi connectivity index (χ1n) is 10.4. The summed E-state index contributed by atoms with van der Waals surface area (Å²) in [5, 5.41) is 30.2. The third-order valence-corrected chi connectivity index (χ3v) is 5.26. The van der Waals surface area contributed by atoms with Crippen molar-refractivity contribution in [1.29, 1.82) is 0 Å². The van der Waals surface area contributed by atoms with E-state index in [4.69, 9.17) is 9.84 Å². The molecule has 3 rings (SSSR count). The molecule has 168 valence electrons. The molecule has 0 aliphatic carbocycles. The van der Waals surface area contributed by atoms with E-state index in [0.717, 1.165) is 12.0 Å². The minimum atomic E-state index is -1.05. The summed E-state index contributed by atoms with van der Waals surface area (Å²) >= 11 is 0. The van der Waals surface area contributed by atoms with E-state index < -0.39 is 12.1 Å². The van der Waals surface area contributed by atoms with Gasteiger partial charge in [0.1, 0.15) is 24.2 Å². The van der Waals surface area contributed by atoms with Crippen LogP contribution in [0.15, 0.2) is 60.7 Å². The van der Waals surface area contributed by atoms with Crippen molar-refractivity contribution >= 4 is 11.8 Å². The molecule has 0 heterocycles. The van der Waals surface area contributed by atoms with Crippen LogP contribution in [0.5, 0.6) is 11.5 Å². The second-order valence-corrected chi connectivity index (χ2v) is 7.61. The number of aromatic hydroxyl groups is 1. The van der Waals surface area contributed by atoms with Crippen LogP contribution >= 0.6 is 0 Å². The van der Waals surface area contributed by atoms with Crippen LogP contribution in [0.25, 0.3) is 0 Å². The molecule has 33 heavy (non-hydrogen) atoms. The van der Waals surface area contributed by atoms with Gasteiger partial charge in [-0.2, -0.15) is 0 Å². The molecule has 3 aromatic rings. The fourth-order valence-corrected chi connectivity index (χ4v) is 3.52. The SMILES string of the molecule is CCCc1c(OCc2ccc(C(O)c3cccc(C(=O)O)c3)cc2)ccc(C(C)=O)c1O.[H-].[Na+]. The topological polar surface area (TPSA) is 104 Å². The van der Waals surface area contributed by atoms with Crippen molar-refractivity contribution < 1.29 is 60.6 Å². The molecule has 3 N–H and O–H groups in total. The second-order valence-electron chi connectivity index (χ2n) is 7.61. The number of benzene rings is 3. The third-order valence-electron chi connectivity index (χ3n) is 5.26. The fourth-order valence-electron chi connectivity index (χ4n) is 3.52. The molecule has 7 heteroatoms. The van der Waals surface area contributed by atoms with Crippen LogP contribution in [0.2, 0.25) is 0 Å². The van der Waals surface area contributed by atoms with E-state index in [-0.39, 0.29) is 60.3 Å². The molecule has 0 aromatic heterocycles. The molecule has 0 radical (unpaired) electrons. The summed E-state index contributed by atoms with van der Waals surface area (Å²) in [6, 6.07) is 16.7. The van der Waals surface area contributed by atoms with Crippen molar-refractivity contribution in [2.75, 3.05) is 0 Å². The molecule has 0 fully saturated rings. The number of rotatable bonds is 9. The average Bonchev–Trinajstić information content (AvgIpc) is 2.79. The summed E-state index contributed by atoms with van der Waals surface area (Å²) in [6.07, 6.45) is 0.431. The van der Waals surface area contributed by atoms with Gasteiger partial charge in [-0.1, -0.05) is 49.7 Å². The largest absolute Gasteiger partial charge is 1.00 e. The van der Waals surface area contributed by atoms with E-state index in [0.29, 0.717) is 28.9 Å². The maximum absolute atomic E-state index is 11.7. The third kappa shape index (κ3) is 6.45. The Morgan fingerprint density at radius 2 is 1.73 bits per heavy atom. The quantitative estimate of drug-likeness (QED) is 0.335. The molecule has 1 atom stereocenters. The van der Waals surface area contributed by atoms with Crippen molar-refractivity contribution in [1.82, 2.24) is 0 Å². The molecular weight excluding hydrogens is 431 g/mol. The number of carbonyl (C=O) groups excluding carboxylic acids is 1. The summed E-state index contributed by atoms with van der Waals surface area (Å²) in [5.41, 5.74) is 3.01. The van der Waals surface area contributed by atoms with Crippen LogP contribution in [0.4, 0.5) is 0 Å². The van der Waals surface area contributed by atoms with Gasteiger partial charge in [0, 0.05) is 5.56 Å². The zero-order valence-electron chi connectivity index (χ0n) is 20.0. The Bertz CT molecular complexity index is 1130. The predicted octanol–water partition coefficient (Wildman–Crippen LogP) is 2.02. The van der Waals surface area contributed by atoms with Crippen LogP contribution in [0.1, 0.15) is 70.8 Å². The van der Waals surface area contributed by atoms with Crippen molar-refractivity contribution in [3.63, 3.8) is 0 Å². The second kappa shape index (κ2) is 12.0. The van der Waals surface area contributed by atoms with Gasteiger partial charge in [-0.25, -0.2) is 4.79 Å². The van der Waals surface area contributed by atoms with E-state index in [2.05, 4.69) is 0 Å². The van der Waals surface area contributed by atoms with E-state index in [9.17, 15) is 19.8 Å². The Balaban J connectivity index is 0.00000289. The first kappa shape index (κ1) is 26.6. The number of carboxylic acids is 1. The van der Waals surface area contributed by atoms with Crippen molar-refractivity contribution in [2.24, 2.45) is 0 Å². The predicted molar refractivity (Wildman–Crippen MR) is 121 cm³/mol. The van der Waals surface area contributed by atoms with Crippen LogP contribution < -0.4 is 34.3 Å². The Kier molecular flexibility index (Phi) is 9.68. The van der Waals surface area contributed by atoms with Gasteiger partial charge in [0.05, 0.1) is 11.1 Å². The number of phenolic OH excluding ortho intramolecular Hbond substituents is 1. The molecule has 1 unspecified atom stereocenters. The Morgan fingerprint density at radius 3 is 2.33 bits per heavy atom. The molecule has 0 spiro atoms. The summed E-state index contributed by atoms with van der Waals surface area (Å²) in [6.45, 7) is 3.65. The molecule has 0 aliphatic heterocycles. The van der Waals surface area contributed by atoms with E-state index in [1.807, 2.05) is 19.1 Å². The number of aliphatic hydroxyl groups is 1. The van der Waals surface area contributed by atoms with Gasteiger partial charge in [0.25, 0.3) is 0 Å². The number of Topliss-reactive ketones (excluding diaryl/α,β-unsaturated/α-hetero) is 1. The molecular formula is C26H27NaO6. The summed E-state index contributed by atoms with van der Waals surface area (Å²) < 4.78 is 5.92. The van der Waals surface area contributed by atoms with E-state index >= 15 is 0 Å². The zero-order chi connectivity index (χ0) is 23.3. The standard InChI is InChI=1S/C26H26O6.Na.H/c1-3-5-22-23(13-12-21(16(2)27)25(22)29)32-15-17-8-10-18(11-9-17)24(28)19-6-4-7-20(14-19)26(30)31;;/h4,6-14,24,28-29H,3,5,15H2,1-2H3,(H,30,31);;/q;+1;-1. The van der Waals surface area contributed by atoms with Crippen LogP contribution in [-0.2, 0) is 13.0 Å². The van der Waals surface area contributed by atoms with Crippen molar-refractivity contribution in [3.8, 4) is 11.5 Å². The number of ketones is 1. The summed E-state index contributed by atoms with van der Waals surface area (Å²) in [7, 11) is 0. The van der Waals surface area contributed by atoms with Crippen LogP contribution in [-0.4, -0.2) is 27.1 Å². The van der Waals surface area contributed by atoms with Crippen LogP contribution in [0.3, 0.4) is 0 Å². The molecule has 0 saturated carbocycles. The number of hydrogen-bond acceptors (Lipinski definition) is 5. The van der Waals surface area contributed by atoms with E-state index in [1.54, 1.807) is 36.4 Å². The first-order valence-corrected chi connectivity index (χ1v) is 10.4. The Morgan fingerprint density at radius 1 is 1.03 bits per heavy atom. The number of carboxylic acid groups (broad SMARTS) is 1. The number of carbonyl (C=O) groups is 2. The fraction of sp³-hybridized carbons (Fsp3) is 0.231. The van der Waals surface area contributed by atoms with Gasteiger partial charge in [0.2, 0.25) is 0 Å². The average molecular weight is 458 g/mol. The van der Waals surface area contributed by atoms with E-state index in [1.165, 1.54) is 19.1 Å². The smallest absolute Gasteiger partial charge is 1.00 e. The zero-order valence-corrected chi connectivity index (χ0v) is 21.0. The molecule has 0 aliphatic rings. The van der Waals surface area contributed by atoms with Crippen LogP contribution in [0, 0.1) is 0 Å². The molecule has 6 nitrogen and oxygen atoms in total. The molecule has 0 saturated heterocycles. The minimum Gasteiger partial charge on any atom is -1.00 e. The van der Waals surface area contributed by atoms with Crippen molar-refractivity contribution in [3.05, 3.63) is 94.0 Å². The normalized spacial score (nSPS) is 11.4. The molecule has 0 amide bonds. The number of aliphatic hydroxyl groups excluding tert-OH is 1. The van der Waals surface area contributed by atoms with Crippen molar-refractivity contribution in [2.45, 2.75) is 39.4 Å². The van der Waals surface area contributed by atoms with Gasteiger partial charge in [-0.3, -0.25) is 4.79 Å². The number of phenols is 1. The summed E-state index contributed by atoms with van der Waals surface area (Å²) in [4.78, 5) is 22.9. The number of ether oxygens (including phenoxy) is 1. The minimum absolute atomic E-state index is 0. The molecule has 3 aromatic carbocycles. The maximum atomic E-state index is 11.7. The monoisotopic (exact) mass is 458 g/mol. The van der Waals surface area contributed by atoms with Gasteiger partial charge in [-0.15, -0.1) is 0 Å².